The number of hydrogen-bond donors (Lipinski definition) is 0. The number of nitrogens with zero attached hydrogens (tertiary/aromatic N) is 1. The number of ether oxygens (including phenoxy) is 3. The van der Waals surface area contributed by atoms with Crippen molar-refractivity contribution >= 4 is 23.4 Å². The zero-order valence-corrected chi connectivity index (χ0v) is 14.3. The number of imide groups is 1. The summed E-state index contributed by atoms with van der Waals surface area (Å²) in [4.78, 5) is 23.7. The molecule has 1 aliphatic rings. The first-order chi connectivity index (χ1) is 11.3. The summed E-state index contributed by atoms with van der Waals surface area (Å²) < 4.78 is 16.1. The van der Waals surface area contributed by atoms with Crippen molar-refractivity contribution in [1.82, 2.24) is 4.90 Å². The average Bonchev–Trinajstić information content (AvgIpc) is 2.86. The van der Waals surface area contributed by atoms with Gasteiger partial charge in [0.25, 0.3) is 11.8 Å². The molecule has 2 amide bonds. The quantitative estimate of drug-likeness (QED) is 0.256. The van der Waals surface area contributed by atoms with Crippen LogP contribution in [0.15, 0.2) is 12.2 Å². The molecule has 0 aromatic heterocycles. The van der Waals surface area contributed by atoms with Crippen LogP contribution in [-0.4, -0.2) is 68.8 Å². The third kappa shape index (κ3) is 9.71. The number of alkyl halides is 1. The lowest BCUT2D eigenvalue weighted by molar-refractivity contribution is -0.137. The molecule has 0 bridgehead atoms. The second kappa shape index (κ2) is 13.5. The molecule has 0 spiro atoms. The largest absolute Gasteiger partial charge is 0.379 e. The molecule has 0 saturated heterocycles. The fraction of sp³-hybridized carbons (Fsp3) is 0.750. The third-order valence-electron chi connectivity index (χ3n) is 3.28. The minimum Gasteiger partial charge on any atom is -0.379 e. The molecule has 0 atom stereocenters. The molecule has 0 aromatic carbocycles. The van der Waals surface area contributed by atoms with Crippen LogP contribution in [0.25, 0.3) is 0 Å². The molecule has 7 heteroatoms. The normalized spacial score (nSPS) is 14.2. The van der Waals surface area contributed by atoms with Crippen molar-refractivity contribution in [1.29, 1.82) is 0 Å². The van der Waals surface area contributed by atoms with Crippen LogP contribution in [0.2, 0.25) is 0 Å². The topological polar surface area (TPSA) is 65.1 Å². The predicted molar refractivity (Wildman–Crippen MR) is 87.5 cm³/mol. The number of halogens is 1. The molecule has 0 radical (unpaired) electrons. The summed E-state index contributed by atoms with van der Waals surface area (Å²) >= 11 is 5.60. The van der Waals surface area contributed by atoms with E-state index in [1.165, 1.54) is 12.2 Å². The molecule has 0 aromatic rings. The second-order valence-corrected chi connectivity index (χ2v) is 5.48. The Morgan fingerprint density at radius 1 is 0.739 bits per heavy atom. The van der Waals surface area contributed by atoms with Crippen LogP contribution in [-0.2, 0) is 23.8 Å². The highest BCUT2D eigenvalue weighted by Gasteiger charge is 2.22. The van der Waals surface area contributed by atoms with Gasteiger partial charge in [-0.2, -0.15) is 0 Å². The van der Waals surface area contributed by atoms with Gasteiger partial charge in [-0.05, 0) is 12.8 Å². The maximum atomic E-state index is 11.3. The van der Waals surface area contributed by atoms with Gasteiger partial charge in [-0.25, -0.2) is 0 Å². The first kappa shape index (κ1) is 20.1. The lowest BCUT2D eigenvalue weighted by Gasteiger charge is -2.13. The Kier molecular flexibility index (Phi) is 11.8. The van der Waals surface area contributed by atoms with Crippen molar-refractivity contribution in [3.63, 3.8) is 0 Å². The molecule has 0 unspecified atom stereocenters. The highest BCUT2D eigenvalue weighted by atomic mass is 35.5. The molecule has 0 N–H and O–H groups in total. The number of hydrogen-bond acceptors (Lipinski definition) is 5. The minimum absolute atomic E-state index is 0.275. The van der Waals surface area contributed by atoms with Gasteiger partial charge in [0.1, 0.15) is 0 Å². The molecule has 1 heterocycles. The van der Waals surface area contributed by atoms with Gasteiger partial charge < -0.3 is 14.2 Å². The fourth-order valence-electron chi connectivity index (χ4n) is 2.00. The van der Waals surface area contributed by atoms with Gasteiger partial charge in [0, 0.05) is 24.6 Å². The van der Waals surface area contributed by atoms with Crippen LogP contribution in [0.1, 0.15) is 25.7 Å². The van der Waals surface area contributed by atoms with E-state index < -0.39 is 0 Å². The molecule has 132 valence electrons. The maximum absolute atomic E-state index is 11.3. The Hall–Kier alpha value is -0.950. The SMILES string of the molecule is O=C1C=CC(=O)N1CCOCCOCCOCCCCCCCl. The van der Waals surface area contributed by atoms with E-state index in [9.17, 15) is 9.59 Å². The molecular weight excluding hydrogens is 322 g/mol. The number of amides is 2. The Labute approximate surface area is 142 Å². The minimum atomic E-state index is -0.283. The smallest absolute Gasteiger partial charge is 0.253 e. The van der Waals surface area contributed by atoms with Crippen LogP contribution >= 0.6 is 11.6 Å². The van der Waals surface area contributed by atoms with Gasteiger partial charge >= 0.3 is 0 Å². The molecule has 1 rings (SSSR count). The fourth-order valence-corrected chi connectivity index (χ4v) is 2.19. The molecule has 23 heavy (non-hydrogen) atoms. The summed E-state index contributed by atoms with van der Waals surface area (Å²) in [5.74, 6) is 0.169. The third-order valence-corrected chi connectivity index (χ3v) is 3.54. The summed E-state index contributed by atoms with van der Waals surface area (Å²) in [6.07, 6.45) is 6.97. The predicted octanol–water partition coefficient (Wildman–Crippen LogP) is 1.76. The van der Waals surface area contributed by atoms with Gasteiger partial charge in [-0.15, -0.1) is 11.6 Å². The Balaban J connectivity index is 1.77. The van der Waals surface area contributed by atoms with E-state index in [2.05, 4.69) is 0 Å². The summed E-state index contributed by atoms with van der Waals surface area (Å²) in [7, 11) is 0. The van der Waals surface area contributed by atoms with Gasteiger partial charge in [0.15, 0.2) is 0 Å². The van der Waals surface area contributed by atoms with E-state index in [-0.39, 0.29) is 18.4 Å². The van der Waals surface area contributed by atoms with Gasteiger partial charge in [-0.3, -0.25) is 14.5 Å². The van der Waals surface area contributed by atoms with Gasteiger partial charge in [0.05, 0.1) is 39.6 Å². The average molecular weight is 348 g/mol. The summed E-state index contributed by atoms with van der Waals surface area (Å²) in [6.45, 7) is 3.38. The van der Waals surface area contributed by atoms with E-state index in [1.807, 2.05) is 0 Å². The Morgan fingerprint density at radius 2 is 1.26 bits per heavy atom. The van der Waals surface area contributed by atoms with E-state index in [0.717, 1.165) is 43.1 Å². The Morgan fingerprint density at radius 3 is 1.87 bits per heavy atom. The van der Waals surface area contributed by atoms with E-state index in [0.29, 0.717) is 33.0 Å². The zero-order chi connectivity index (χ0) is 16.8. The van der Waals surface area contributed by atoms with Crippen LogP contribution in [0.3, 0.4) is 0 Å². The first-order valence-corrected chi connectivity index (χ1v) is 8.62. The van der Waals surface area contributed by atoms with Crippen LogP contribution < -0.4 is 0 Å². The molecule has 1 aliphatic heterocycles. The molecular formula is C16H26ClNO5. The van der Waals surface area contributed by atoms with Crippen molar-refractivity contribution in [3.8, 4) is 0 Å². The summed E-state index contributed by atoms with van der Waals surface area (Å²) in [5.41, 5.74) is 0. The number of rotatable bonds is 15. The van der Waals surface area contributed by atoms with Crippen molar-refractivity contribution in [2.75, 3.05) is 52.1 Å². The zero-order valence-electron chi connectivity index (χ0n) is 13.5. The lowest BCUT2D eigenvalue weighted by atomic mass is 10.2. The number of carbonyl (C=O) groups is 2. The van der Waals surface area contributed by atoms with Crippen molar-refractivity contribution in [2.24, 2.45) is 0 Å². The molecule has 0 aliphatic carbocycles. The van der Waals surface area contributed by atoms with Crippen molar-refractivity contribution in [3.05, 3.63) is 12.2 Å². The van der Waals surface area contributed by atoms with Crippen molar-refractivity contribution < 1.29 is 23.8 Å². The second-order valence-electron chi connectivity index (χ2n) is 5.10. The van der Waals surface area contributed by atoms with Crippen LogP contribution in [0.4, 0.5) is 0 Å². The first-order valence-electron chi connectivity index (χ1n) is 8.08. The summed E-state index contributed by atoms with van der Waals surface area (Å²) in [6, 6.07) is 0. The molecule has 6 nitrogen and oxygen atoms in total. The number of unbranched alkanes of at least 4 members (excludes halogenated alkanes) is 3. The van der Waals surface area contributed by atoms with E-state index >= 15 is 0 Å². The summed E-state index contributed by atoms with van der Waals surface area (Å²) in [5, 5.41) is 0. The van der Waals surface area contributed by atoms with Crippen molar-refractivity contribution in [2.45, 2.75) is 25.7 Å². The molecule has 0 fully saturated rings. The number of carbonyl (C=O) groups excluding carboxylic acids is 2. The highest BCUT2D eigenvalue weighted by molar-refractivity contribution is 6.17. The monoisotopic (exact) mass is 347 g/mol. The maximum Gasteiger partial charge on any atom is 0.253 e. The van der Waals surface area contributed by atoms with Gasteiger partial charge in [-0.1, -0.05) is 12.8 Å². The van der Waals surface area contributed by atoms with Crippen LogP contribution in [0, 0.1) is 0 Å². The molecule has 0 saturated carbocycles. The van der Waals surface area contributed by atoms with Gasteiger partial charge in [0.2, 0.25) is 0 Å². The van der Waals surface area contributed by atoms with E-state index in [1.54, 1.807) is 0 Å². The van der Waals surface area contributed by atoms with Crippen LogP contribution in [0.5, 0.6) is 0 Å². The standard InChI is InChI=1S/C16H26ClNO5/c17-7-3-1-2-4-9-21-11-13-23-14-12-22-10-8-18-15(19)5-6-16(18)20/h5-6H,1-4,7-14H2. The Bertz CT molecular complexity index is 357. The lowest BCUT2D eigenvalue weighted by Crippen LogP contribution is -2.33. The van der Waals surface area contributed by atoms with E-state index in [4.69, 9.17) is 25.8 Å². The highest BCUT2D eigenvalue weighted by Crippen LogP contribution is 2.02.